The number of aryl methyl sites for hydroxylation is 1. The number of nitrogens with zero attached hydrogens (tertiary/aromatic N) is 2. The van der Waals surface area contributed by atoms with Crippen LogP contribution >= 0.6 is 11.6 Å². The molecule has 0 amide bonds. The lowest BCUT2D eigenvalue weighted by Crippen LogP contribution is -2.12. The number of hydrogen-bond donors (Lipinski definition) is 1. The topological polar surface area (TPSA) is 51.8 Å². The van der Waals surface area contributed by atoms with Crippen LogP contribution in [0.1, 0.15) is 24.1 Å². The van der Waals surface area contributed by atoms with E-state index in [1.165, 1.54) is 6.07 Å². The Morgan fingerprint density at radius 3 is 2.79 bits per heavy atom. The van der Waals surface area contributed by atoms with Gasteiger partial charge in [-0.2, -0.15) is 0 Å². The molecule has 0 spiro atoms. The maximum Gasteiger partial charge on any atom is 0.164 e. The Balaban J connectivity index is 2.16. The van der Waals surface area contributed by atoms with E-state index in [4.69, 9.17) is 17.3 Å². The van der Waals surface area contributed by atoms with E-state index in [1.807, 2.05) is 0 Å². The molecule has 1 heterocycles. The SMILES string of the molecule is Nc1nc(-c2cccc(Cl)c2F)nc2c1CCCC2. The number of aromatic nitrogens is 2. The summed E-state index contributed by atoms with van der Waals surface area (Å²) in [5, 5.41) is 0.0670. The predicted molar refractivity (Wildman–Crippen MR) is 73.5 cm³/mol. The Kier molecular flexibility index (Phi) is 3.11. The summed E-state index contributed by atoms with van der Waals surface area (Å²) in [4.78, 5) is 8.68. The summed E-state index contributed by atoms with van der Waals surface area (Å²) in [7, 11) is 0. The van der Waals surface area contributed by atoms with Gasteiger partial charge in [0.05, 0.1) is 10.6 Å². The molecule has 5 heteroatoms. The highest BCUT2D eigenvalue weighted by Gasteiger charge is 2.18. The van der Waals surface area contributed by atoms with Crippen LogP contribution in [0.25, 0.3) is 11.4 Å². The second-order valence-electron chi connectivity index (χ2n) is 4.67. The van der Waals surface area contributed by atoms with Gasteiger partial charge in [-0.3, -0.25) is 0 Å². The Morgan fingerprint density at radius 1 is 1.16 bits per heavy atom. The molecule has 0 saturated carbocycles. The maximum atomic E-state index is 14.0. The summed E-state index contributed by atoms with van der Waals surface area (Å²) in [6.07, 6.45) is 3.96. The van der Waals surface area contributed by atoms with E-state index >= 15 is 0 Å². The fraction of sp³-hybridized carbons (Fsp3) is 0.286. The Morgan fingerprint density at radius 2 is 1.95 bits per heavy atom. The first-order valence-corrected chi connectivity index (χ1v) is 6.64. The first-order valence-electron chi connectivity index (χ1n) is 6.26. The van der Waals surface area contributed by atoms with E-state index in [9.17, 15) is 4.39 Å². The number of rotatable bonds is 1. The second-order valence-corrected chi connectivity index (χ2v) is 5.07. The Labute approximate surface area is 115 Å². The normalized spacial score (nSPS) is 14.2. The third kappa shape index (κ3) is 2.16. The summed E-state index contributed by atoms with van der Waals surface area (Å²) >= 11 is 5.79. The highest BCUT2D eigenvalue weighted by Crippen LogP contribution is 2.29. The van der Waals surface area contributed by atoms with Crippen LogP contribution in [0, 0.1) is 5.82 Å². The molecule has 0 fully saturated rings. The minimum Gasteiger partial charge on any atom is -0.383 e. The van der Waals surface area contributed by atoms with Gasteiger partial charge in [0, 0.05) is 11.3 Å². The van der Waals surface area contributed by atoms with Crippen LogP contribution < -0.4 is 5.73 Å². The minimum atomic E-state index is -0.501. The van der Waals surface area contributed by atoms with Gasteiger partial charge in [0.15, 0.2) is 11.6 Å². The van der Waals surface area contributed by atoms with Crippen LogP contribution in [0.15, 0.2) is 18.2 Å². The number of nitrogens with two attached hydrogens (primary N) is 1. The van der Waals surface area contributed by atoms with Gasteiger partial charge in [-0.15, -0.1) is 0 Å². The van der Waals surface area contributed by atoms with E-state index < -0.39 is 5.82 Å². The van der Waals surface area contributed by atoms with Gasteiger partial charge in [-0.25, -0.2) is 14.4 Å². The van der Waals surface area contributed by atoms with Gasteiger partial charge in [0.25, 0.3) is 0 Å². The van der Waals surface area contributed by atoms with Crippen molar-refractivity contribution in [3.8, 4) is 11.4 Å². The average Bonchev–Trinajstić information content (AvgIpc) is 2.42. The van der Waals surface area contributed by atoms with E-state index in [1.54, 1.807) is 12.1 Å². The van der Waals surface area contributed by atoms with Crippen molar-refractivity contribution in [3.05, 3.63) is 40.3 Å². The fourth-order valence-electron chi connectivity index (χ4n) is 2.42. The summed E-state index contributed by atoms with van der Waals surface area (Å²) < 4.78 is 14.0. The third-order valence-electron chi connectivity index (χ3n) is 3.41. The van der Waals surface area contributed by atoms with E-state index in [-0.39, 0.29) is 5.02 Å². The smallest absolute Gasteiger partial charge is 0.164 e. The fourth-order valence-corrected chi connectivity index (χ4v) is 2.59. The predicted octanol–water partition coefficient (Wildman–Crippen LogP) is 3.40. The van der Waals surface area contributed by atoms with Crippen molar-refractivity contribution in [2.24, 2.45) is 0 Å². The van der Waals surface area contributed by atoms with Crippen molar-refractivity contribution in [1.82, 2.24) is 9.97 Å². The van der Waals surface area contributed by atoms with Crippen LogP contribution in [0.2, 0.25) is 5.02 Å². The van der Waals surface area contributed by atoms with E-state index in [0.717, 1.165) is 36.9 Å². The lowest BCUT2D eigenvalue weighted by Gasteiger charge is -2.17. The van der Waals surface area contributed by atoms with Crippen LogP contribution in [-0.2, 0) is 12.8 Å². The zero-order valence-electron chi connectivity index (χ0n) is 10.3. The Bertz CT molecular complexity index is 643. The minimum absolute atomic E-state index is 0.0670. The maximum absolute atomic E-state index is 14.0. The molecule has 0 radical (unpaired) electrons. The lowest BCUT2D eigenvalue weighted by molar-refractivity contribution is 0.628. The number of benzene rings is 1. The van der Waals surface area contributed by atoms with E-state index in [2.05, 4.69) is 9.97 Å². The van der Waals surface area contributed by atoms with Gasteiger partial charge in [-0.05, 0) is 37.8 Å². The summed E-state index contributed by atoms with van der Waals surface area (Å²) in [6, 6.07) is 4.80. The number of halogens is 2. The molecule has 1 aliphatic carbocycles. The van der Waals surface area contributed by atoms with Crippen molar-refractivity contribution in [2.45, 2.75) is 25.7 Å². The van der Waals surface area contributed by atoms with Crippen LogP contribution in [0.5, 0.6) is 0 Å². The average molecular weight is 278 g/mol. The van der Waals surface area contributed by atoms with Crippen LogP contribution in [0.3, 0.4) is 0 Å². The van der Waals surface area contributed by atoms with Crippen molar-refractivity contribution in [1.29, 1.82) is 0 Å². The number of fused-ring (bicyclic) bond motifs is 1. The quantitative estimate of drug-likeness (QED) is 0.869. The molecule has 0 aliphatic heterocycles. The van der Waals surface area contributed by atoms with Gasteiger partial charge >= 0.3 is 0 Å². The molecular weight excluding hydrogens is 265 g/mol. The molecule has 3 nitrogen and oxygen atoms in total. The zero-order chi connectivity index (χ0) is 13.4. The standard InChI is InChI=1S/C14H13ClFN3/c15-10-6-3-5-9(12(10)16)14-18-11-7-2-1-4-8(11)13(17)19-14/h3,5-6H,1-2,4,7H2,(H2,17,18,19). The zero-order valence-corrected chi connectivity index (χ0v) is 11.0. The molecule has 1 aromatic heterocycles. The highest BCUT2D eigenvalue weighted by molar-refractivity contribution is 6.31. The molecule has 0 bridgehead atoms. The highest BCUT2D eigenvalue weighted by atomic mass is 35.5. The van der Waals surface area contributed by atoms with Crippen molar-refractivity contribution >= 4 is 17.4 Å². The number of hydrogen-bond acceptors (Lipinski definition) is 3. The van der Waals surface area contributed by atoms with Crippen molar-refractivity contribution < 1.29 is 4.39 Å². The summed E-state index contributed by atoms with van der Waals surface area (Å²) in [5.74, 6) is 0.275. The van der Waals surface area contributed by atoms with Crippen molar-refractivity contribution in [3.63, 3.8) is 0 Å². The van der Waals surface area contributed by atoms with Crippen LogP contribution in [0.4, 0.5) is 10.2 Å². The molecule has 19 heavy (non-hydrogen) atoms. The molecular formula is C14H13ClFN3. The van der Waals surface area contributed by atoms with E-state index in [0.29, 0.717) is 17.2 Å². The lowest BCUT2D eigenvalue weighted by atomic mass is 9.96. The van der Waals surface area contributed by atoms with Gasteiger partial charge in [0.1, 0.15) is 5.82 Å². The molecule has 0 unspecified atom stereocenters. The van der Waals surface area contributed by atoms with Gasteiger partial charge < -0.3 is 5.73 Å². The third-order valence-corrected chi connectivity index (χ3v) is 3.70. The van der Waals surface area contributed by atoms with Gasteiger partial charge in [-0.1, -0.05) is 17.7 Å². The molecule has 98 valence electrons. The summed E-state index contributed by atoms with van der Waals surface area (Å²) in [6.45, 7) is 0. The molecule has 0 atom stereocenters. The molecule has 0 saturated heterocycles. The second kappa shape index (κ2) is 4.78. The van der Waals surface area contributed by atoms with Gasteiger partial charge in [0.2, 0.25) is 0 Å². The Hall–Kier alpha value is -1.68. The van der Waals surface area contributed by atoms with Crippen LogP contribution in [-0.4, -0.2) is 9.97 Å². The monoisotopic (exact) mass is 277 g/mol. The van der Waals surface area contributed by atoms with Crippen molar-refractivity contribution in [2.75, 3.05) is 5.73 Å². The first-order chi connectivity index (χ1) is 9.16. The number of anilines is 1. The summed E-state index contributed by atoms with van der Waals surface area (Å²) in [5.41, 5.74) is 8.21. The number of nitrogen functional groups attached to an aromatic ring is 1. The molecule has 2 N–H and O–H groups in total. The molecule has 1 aromatic carbocycles. The first kappa shape index (κ1) is 12.4. The molecule has 3 rings (SSSR count). The largest absolute Gasteiger partial charge is 0.383 e. The molecule has 2 aromatic rings. The molecule has 1 aliphatic rings.